The Bertz CT molecular complexity index is 374. The SMILES string of the molecule is CCCCCC[NH2+]c1ccc(CC)c(CC)c1CC.[Cl-]. The van der Waals surface area contributed by atoms with E-state index >= 15 is 0 Å². The molecule has 0 spiro atoms. The van der Waals surface area contributed by atoms with Crippen LogP contribution in [-0.2, 0) is 19.3 Å². The van der Waals surface area contributed by atoms with Gasteiger partial charge in [0.15, 0.2) is 0 Å². The summed E-state index contributed by atoms with van der Waals surface area (Å²) in [6, 6.07) is 4.69. The van der Waals surface area contributed by atoms with Gasteiger partial charge in [-0.05, 0) is 49.3 Å². The van der Waals surface area contributed by atoms with E-state index in [1.807, 2.05) is 0 Å². The molecule has 0 aliphatic heterocycles. The van der Waals surface area contributed by atoms with E-state index in [2.05, 4.69) is 45.1 Å². The molecule has 116 valence electrons. The molecule has 0 fully saturated rings. The normalized spacial score (nSPS) is 10.4. The van der Waals surface area contributed by atoms with Crippen LogP contribution in [0.3, 0.4) is 0 Å². The second-order valence-electron chi connectivity index (χ2n) is 5.39. The van der Waals surface area contributed by atoms with Crippen LogP contribution in [0.1, 0.15) is 70.1 Å². The molecule has 0 amide bonds. The van der Waals surface area contributed by atoms with Crippen molar-refractivity contribution in [1.82, 2.24) is 0 Å². The number of nitrogens with two attached hydrogens (primary N) is 1. The Labute approximate surface area is 132 Å². The second-order valence-corrected chi connectivity index (χ2v) is 5.39. The fourth-order valence-electron chi connectivity index (χ4n) is 2.97. The van der Waals surface area contributed by atoms with Gasteiger partial charge in [0.1, 0.15) is 5.69 Å². The van der Waals surface area contributed by atoms with E-state index in [9.17, 15) is 0 Å². The first kappa shape index (κ1) is 19.5. The summed E-state index contributed by atoms with van der Waals surface area (Å²) in [6.07, 6.45) is 8.92. The number of aryl methyl sites for hydroxylation is 1. The van der Waals surface area contributed by atoms with Gasteiger partial charge in [0, 0.05) is 5.56 Å². The van der Waals surface area contributed by atoms with Gasteiger partial charge in [-0.25, -0.2) is 0 Å². The zero-order valence-electron chi connectivity index (χ0n) is 13.8. The molecule has 0 atom stereocenters. The highest BCUT2D eigenvalue weighted by atomic mass is 35.5. The standard InChI is InChI=1S/C18H31N.ClH/c1-5-9-10-11-14-19-18-13-12-15(6-2)16(7-3)17(18)8-4;/h12-13,19H,5-11,14H2,1-4H3;1H. The van der Waals surface area contributed by atoms with Crippen molar-refractivity contribution in [3.05, 3.63) is 28.8 Å². The average Bonchev–Trinajstić information content (AvgIpc) is 2.45. The van der Waals surface area contributed by atoms with Crippen LogP contribution >= 0.6 is 0 Å². The fourth-order valence-corrected chi connectivity index (χ4v) is 2.97. The first-order chi connectivity index (χ1) is 9.28. The van der Waals surface area contributed by atoms with Gasteiger partial charge in [0.05, 0.1) is 6.54 Å². The summed E-state index contributed by atoms with van der Waals surface area (Å²) in [6.45, 7) is 10.4. The van der Waals surface area contributed by atoms with Crippen LogP contribution < -0.4 is 17.7 Å². The first-order valence-corrected chi connectivity index (χ1v) is 8.25. The van der Waals surface area contributed by atoms with Crippen molar-refractivity contribution in [3.8, 4) is 0 Å². The smallest absolute Gasteiger partial charge is 0.133 e. The van der Waals surface area contributed by atoms with Crippen molar-refractivity contribution < 1.29 is 17.7 Å². The van der Waals surface area contributed by atoms with Crippen molar-refractivity contribution in [1.29, 1.82) is 0 Å². The van der Waals surface area contributed by atoms with Crippen LogP contribution in [0.2, 0.25) is 0 Å². The van der Waals surface area contributed by atoms with E-state index in [0.717, 1.165) is 12.8 Å². The van der Waals surface area contributed by atoms with Crippen molar-refractivity contribution >= 4 is 5.69 Å². The summed E-state index contributed by atoms with van der Waals surface area (Å²) in [7, 11) is 0. The van der Waals surface area contributed by atoms with Gasteiger partial charge >= 0.3 is 0 Å². The van der Waals surface area contributed by atoms with Crippen LogP contribution in [0.4, 0.5) is 5.69 Å². The Hall–Kier alpha value is -0.530. The van der Waals surface area contributed by atoms with Crippen molar-refractivity contribution in [2.75, 3.05) is 6.54 Å². The minimum absolute atomic E-state index is 0. The Morgan fingerprint density at radius 3 is 2.05 bits per heavy atom. The van der Waals surface area contributed by atoms with Crippen LogP contribution in [0.5, 0.6) is 0 Å². The Balaban J connectivity index is 0.00000361. The molecule has 0 saturated carbocycles. The maximum absolute atomic E-state index is 2.47. The summed E-state index contributed by atoms with van der Waals surface area (Å²) in [4.78, 5) is 0. The molecule has 20 heavy (non-hydrogen) atoms. The number of rotatable bonds is 9. The highest BCUT2D eigenvalue weighted by Gasteiger charge is 2.12. The molecule has 1 aromatic rings. The van der Waals surface area contributed by atoms with Crippen molar-refractivity contribution in [3.63, 3.8) is 0 Å². The average molecular weight is 298 g/mol. The molecule has 1 rings (SSSR count). The third kappa shape index (κ3) is 5.46. The Kier molecular flexibility index (Phi) is 10.9. The number of quaternary nitrogens is 1. The molecule has 0 aliphatic rings. The maximum atomic E-state index is 2.47. The summed E-state index contributed by atoms with van der Waals surface area (Å²) in [5.41, 5.74) is 6.24. The van der Waals surface area contributed by atoms with Gasteiger partial charge in [-0.3, -0.25) is 0 Å². The summed E-state index contributed by atoms with van der Waals surface area (Å²) >= 11 is 0. The quantitative estimate of drug-likeness (QED) is 0.520. The van der Waals surface area contributed by atoms with Crippen LogP contribution in [0.15, 0.2) is 12.1 Å². The fraction of sp³-hybridized carbons (Fsp3) is 0.667. The number of benzene rings is 1. The van der Waals surface area contributed by atoms with Gasteiger partial charge in [-0.2, -0.15) is 0 Å². The summed E-state index contributed by atoms with van der Waals surface area (Å²) in [5, 5.41) is 2.47. The molecular formula is C18H32ClN. The molecule has 0 radical (unpaired) electrons. The largest absolute Gasteiger partial charge is 1.00 e. The molecule has 1 aromatic carbocycles. The predicted octanol–water partition coefficient (Wildman–Crippen LogP) is 1.15. The third-order valence-corrected chi connectivity index (χ3v) is 4.07. The lowest BCUT2D eigenvalue weighted by molar-refractivity contribution is -0.572. The Morgan fingerprint density at radius 1 is 0.800 bits per heavy atom. The molecule has 0 aromatic heterocycles. The van der Waals surface area contributed by atoms with Crippen molar-refractivity contribution in [2.45, 2.75) is 72.6 Å². The highest BCUT2D eigenvalue weighted by Crippen LogP contribution is 2.22. The van der Waals surface area contributed by atoms with Gasteiger partial charge in [0.2, 0.25) is 0 Å². The number of unbranched alkanes of at least 4 members (excludes halogenated alkanes) is 3. The molecular weight excluding hydrogens is 266 g/mol. The van der Waals surface area contributed by atoms with E-state index in [-0.39, 0.29) is 12.4 Å². The predicted molar refractivity (Wildman–Crippen MR) is 85.2 cm³/mol. The third-order valence-electron chi connectivity index (χ3n) is 4.07. The lowest BCUT2D eigenvalue weighted by atomic mass is 9.94. The topological polar surface area (TPSA) is 16.6 Å². The number of hydrogen-bond donors (Lipinski definition) is 1. The molecule has 0 unspecified atom stereocenters. The van der Waals surface area contributed by atoms with E-state index < -0.39 is 0 Å². The maximum Gasteiger partial charge on any atom is 0.133 e. The molecule has 0 heterocycles. The molecule has 1 nitrogen and oxygen atoms in total. The monoisotopic (exact) mass is 297 g/mol. The van der Waals surface area contributed by atoms with Crippen molar-refractivity contribution in [2.24, 2.45) is 0 Å². The van der Waals surface area contributed by atoms with Crippen LogP contribution in [-0.4, -0.2) is 6.54 Å². The zero-order chi connectivity index (χ0) is 14.1. The molecule has 0 saturated heterocycles. The van der Waals surface area contributed by atoms with E-state index in [1.54, 1.807) is 16.7 Å². The van der Waals surface area contributed by atoms with Crippen LogP contribution in [0.25, 0.3) is 0 Å². The van der Waals surface area contributed by atoms with E-state index in [0.29, 0.717) is 0 Å². The van der Waals surface area contributed by atoms with E-state index in [4.69, 9.17) is 0 Å². The lowest BCUT2D eigenvalue weighted by Gasteiger charge is -2.14. The van der Waals surface area contributed by atoms with Gasteiger partial charge in [-0.1, -0.05) is 46.6 Å². The highest BCUT2D eigenvalue weighted by molar-refractivity contribution is 5.49. The molecule has 2 N–H and O–H groups in total. The Morgan fingerprint density at radius 2 is 1.50 bits per heavy atom. The van der Waals surface area contributed by atoms with Gasteiger partial charge < -0.3 is 17.7 Å². The molecule has 0 bridgehead atoms. The number of hydrogen-bond acceptors (Lipinski definition) is 0. The van der Waals surface area contributed by atoms with Crippen LogP contribution in [0, 0.1) is 0 Å². The second kappa shape index (κ2) is 11.2. The minimum Gasteiger partial charge on any atom is -1.00 e. The number of halogens is 1. The van der Waals surface area contributed by atoms with Gasteiger partial charge in [0.25, 0.3) is 0 Å². The van der Waals surface area contributed by atoms with Gasteiger partial charge in [-0.15, -0.1) is 0 Å². The molecule has 0 aliphatic carbocycles. The first-order valence-electron chi connectivity index (χ1n) is 8.25. The minimum atomic E-state index is 0. The molecule has 2 heteroatoms. The summed E-state index contributed by atoms with van der Waals surface area (Å²) in [5.74, 6) is 0. The lowest BCUT2D eigenvalue weighted by Crippen LogP contribution is -3.00. The summed E-state index contributed by atoms with van der Waals surface area (Å²) < 4.78 is 0. The zero-order valence-corrected chi connectivity index (χ0v) is 14.5. The van der Waals surface area contributed by atoms with E-state index in [1.165, 1.54) is 44.3 Å².